The van der Waals surface area contributed by atoms with E-state index in [-0.39, 0.29) is 11.6 Å². The number of thioether (sulfide) groups is 1. The van der Waals surface area contributed by atoms with Crippen LogP contribution < -0.4 is 0 Å². The fraction of sp³-hybridized carbons (Fsp3) is 0.500. The molecule has 2 aromatic rings. The SMILES string of the molecule is C[C@@H]1CCC[C@H](C)N1C(=O)CSc1nc2ccc([N+](=O)[O-])cc2s1. The third kappa shape index (κ3) is 3.54. The van der Waals surface area contributed by atoms with Crippen molar-refractivity contribution in [2.24, 2.45) is 0 Å². The first-order chi connectivity index (χ1) is 11.5. The van der Waals surface area contributed by atoms with Crippen LogP contribution in [0.2, 0.25) is 0 Å². The van der Waals surface area contributed by atoms with Crippen LogP contribution in [0, 0.1) is 10.1 Å². The molecule has 0 unspecified atom stereocenters. The van der Waals surface area contributed by atoms with Crippen molar-refractivity contribution in [3.8, 4) is 0 Å². The monoisotopic (exact) mass is 365 g/mol. The van der Waals surface area contributed by atoms with Crippen LogP contribution in [0.1, 0.15) is 33.1 Å². The Balaban J connectivity index is 1.69. The van der Waals surface area contributed by atoms with E-state index in [1.54, 1.807) is 6.07 Å². The molecule has 0 radical (unpaired) electrons. The molecule has 0 N–H and O–H groups in total. The molecule has 128 valence electrons. The molecule has 24 heavy (non-hydrogen) atoms. The molecule has 2 atom stereocenters. The van der Waals surface area contributed by atoms with Crippen LogP contribution in [0.15, 0.2) is 22.5 Å². The highest BCUT2D eigenvalue weighted by Crippen LogP contribution is 2.32. The zero-order chi connectivity index (χ0) is 17.3. The lowest BCUT2D eigenvalue weighted by molar-refractivity contribution is -0.384. The van der Waals surface area contributed by atoms with E-state index < -0.39 is 4.92 Å². The van der Waals surface area contributed by atoms with E-state index in [2.05, 4.69) is 18.8 Å². The van der Waals surface area contributed by atoms with Gasteiger partial charge in [0.15, 0.2) is 4.34 Å². The molecular formula is C16H19N3O3S2. The largest absolute Gasteiger partial charge is 0.337 e. The van der Waals surface area contributed by atoms with Crippen LogP contribution in [0.3, 0.4) is 0 Å². The van der Waals surface area contributed by atoms with Crippen molar-refractivity contribution < 1.29 is 9.72 Å². The maximum Gasteiger partial charge on any atom is 0.270 e. The first-order valence-electron chi connectivity index (χ1n) is 7.94. The summed E-state index contributed by atoms with van der Waals surface area (Å²) in [6.45, 7) is 4.21. The predicted octanol–water partition coefficient (Wildman–Crippen LogP) is 4.09. The van der Waals surface area contributed by atoms with Gasteiger partial charge in [-0.2, -0.15) is 0 Å². The van der Waals surface area contributed by atoms with Crippen molar-refractivity contribution in [1.29, 1.82) is 0 Å². The van der Waals surface area contributed by atoms with Crippen molar-refractivity contribution in [2.45, 2.75) is 49.5 Å². The summed E-state index contributed by atoms with van der Waals surface area (Å²) < 4.78 is 1.55. The number of non-ortho nitro benzene ring substituents is 1. The zero-order valence-corrected chi connectivity index (χ0v) is 15.2. The van der Waals surface area contributed by atoms with Gasteiger partial charge in [0, 0.05) is 24.2 Å². The smallest absolute Gasteiger partial charge is 0.270 e. The van der Waals surface area contributed by atoms with Gasteiger partial charge in [0.1, 0.15) is 0 Å². The van der Waals surface area contributed by atoms with Gasteiger partial charge in [0.05, 0.1) is 20.9 Å². The minimum Gasteiger partial charge on any atom is -0.337 e. The van der Waals surface area contributed by atoms with Gasteiger partial charge < -0.3 is 4.90 Å². The molecule has 2 heterocycles. The summed E-state index contributed by atoms with van der Waals surface area (Å²) in [7, 11) is 0. The first kappa shape index (κ1) is 17.2. The van der Waals surface area contributed by atoms with Gasteiger partial charge in [-0.1, -0.05) is 11.8 Å². The Hall–Kier alpha value is -1.67. The van der Waals surface area contributed by atoms with Gasteiger partial charge in [-0.3, -0.25) is 14.9 Å². The van der Waals surface area contributed by atoms with Crippen molar-refractivity contribution in [3.63, 3.8) is 0 Å². The molecule has 0 bridgehead atoms. The average Bonchev–Trinajstić information content (AvgIpc) is 2.94. The summed E-state index contributed by atoms with van der Waals surface area (Å²) in [4.78, 5) is 29.4. The van der Waals surface area contributed by atoms with E-state index in [1.807, 2.05) is 4.90 Å². The molecule has 1 aromatic carbocycles. The van der Waals surface area contributed by atoms with Crippen LogP contribution in [0.4, 0.5) is 5.69 Å². The standard InChI is InChI=1S/C16H19N3O3S2/c1-10-4-3-5-11(2)18(10)15(20)9-23-16-17-13-7-6-12(19(21)22)8-14(13)24-16/h6-8,10-11H,3-5,9H2,1-2H3/t10-,11+. The molecule has 1 aliphatic rings. The van der Waals surface area contributed by atoms with E-state index in [4.69, 9.17) is 0 Å². The second-order valence-corrected chi connectivity index (χ2v) is 8.36. The van der Waals surface area contributed by atoms with Crippen LogP contribution in [0.25, 0.3) is 10.2 Å². The van der Waals surface area contributed by atoms with Gasteiger partial charge in [-0.15, -0.1) is 11.3 Å². The minimum absolute atomic E-state index is 0.0646. The Labute approximate surface area is 148 Å². The highest BCUT2D eigenvalue weighted by atomic mass is 32.2. The number of thiazole rings is 1. The van der Waals surface area contributed by atoms with Gasteiger partial charge in [-0.05, 0) is 39.2 Å². The molecular weight excluding hydrogens is 346 g/mol. The Morgan fingerprint density at radius 2 is 2.12 bits per heavy atom. The number of carbonyl (C=O) groups is 1. The van der Waals surface area contributed by atoms with Gasteiger partial charge in [0.2, 0.25) is 5.91 Å². The van der Waals surface area contributed by atoms with Crippen LogP contribution in [-0.4, -0.2) is 38.6 Å². The Bertz CT molecular complexity index is 767. The fourth-order valence-corrected chi connectivity index (χ4v) is 5.15. The number of nitrogens with zero attached hydrogens (tertiary/aromatic N) is 3. The van der Waals surface area contributed by atoms with Crippen molar-refractivity contribution in [1.82, 2.24) is 9.88 Å². The van der Waals surface area contributed by atoms with Gasteiger partial charge in [-0.25, -0.2) is 4.98 Å². The van der Waals surface area contributed by atoms with E-state index in [9.17, 15) is 14.9 Å². The molecule has 0 aliphatic carbocycles. The lowest BCUT2D eigenvalue weighted by atomic mass is 9.98. The number of hydrogen-bond donors (Lipinski definition) is 0. The summed E-state index contributed by atoms with van der Waals surface area (Å²) >= 11 is 2.81. The number of likely N-dealkylation sites (tertiary alicyclic amines) is 1. The predicted molar refractivity (Wildman–Crippen MR) is 96.6 cm³/mol. The molecule has 1 fully saturated rings. The third-order valence-corrected chi connectivity index (χ3v) is 6.51. The average molecular weight is 365 g/mol. The van der Waals surface area contributed by atoms with Crippen molar-refractivity contribution in [2.75, 3.05) is 5.75 Å². The highest BCUT2D eigenvalue weighted by molar-refractivity contribution is 8.01. The van der Waals surface area contributed by atoms with E-state index in [1.165, 1.54) is 41.7 Å². The topological polar surface area (TPSA) is 76.3 Å². The fourth-order valence-electron chi connectivity index (χ4n) is 3.18. The van der Waals surface area contributed by atoms with E-state index in [0.29, 0.717) is 17.8 Å². The maximum absolute atomic E-state index is 12.5. The number of nitro groups is 1. The van der Waals surface area contributed by atoms with Crippen molar-refractivity contribution >= 4 is 44.9 Å². The van der Waals surface area contributed by atoms with Crippen LogP contribution in [-0.2, 0) is 4.79 Å². The molecule has 1 aromatic heterocycles. The molecule has 3 rings (SSSR count). The lowest BCUT2D eigenvalue weighted by Crippen LogP contribution is -2.48. The minimum atomic E-state index is -0.408. The highest BCUT2D eigenvalue weighted by Gasteiger charge is 2.28. The Morgan fingerprint density at radius 3 is 2.79 bits per heavy atom. The lowest BCUT2D eigenvalue weighted by Gasteiger charge is -2.39. The molecule has 0 spiro atoms. The summed E-state index contributed by atoms with van der Waals surface area (Å²) in [5.74, 6) is 0.501. The molecule has 8 heteroatoms. The van der Waals surface area contributed by atoms with Crippen molar-refractivity contribution in [3.05, 3.63) is 28.3 Å². The second kappa shape index (κ2) is 7.06. The van der Waals surface area contributed by atoms with E-state index in [0.717, 1.165) is 27.4 Å². The van der Waals surface area contributed by atoms with Crippen LogP contribution in [0.5, 0.6) is 0 Å². The molecule has 1 aliphatic heterocycles. The summed E-state index contributed by atoms with van der Waals surface area (Å²) in [5, 5.41) is 10.8. The number of fused-ring (bicyclic) bond motifs is 1. The Morgan fingerprint density at radius 1 is 1.42 bits per heavy atom. The zero-order valence-electron chi connectivity index (χ0n) is 13.6. The number of rotatable bonds is 4. The number of benzene rings is 1. The quantitative estimate of drug-likeness (QED) is 0.463. The molecule has 1 amide bonds. The Kier molecular flexibility index (Phi) is 5.05. The normalized spacial score (nSPS) is 21.2. The number of piperidine rings is 1. The second-order valence-electron chi connectivity index (χ2n) is 6.11. The van der Waals surface area contributed by atoms with E-state index >= 15 is 0 Å². The third-order valence-electron chi connectivity index (χ3n) is 4.36. The van der Waals surface area contributed by atoms with Crippen LogP contribution >= 0.6 is 23.1 Å². The first-order valence-corrected chi connectivity index (χ1v) is 9.75. The molecule has 0 saturated carbocycles. The number of aromatic nitrogens is 1. The number of amides is 1. The molecule has 1 saturated heterocycles. The maximum atomic E-state index is 12.5. The number of nitro benzene ring substituents is 1. The summed E-state index contributed by atoms with van der Waals surface area (Å²) in [6, 6.07) is 5.23. The van der Waals surface area contributed by atoms with Gasteiger partial charge in [0.25, 0.3) is 5.69 Å². The summed E-state index contributed by atoms with van der Waals surface area (Å²) in [6.07, 6.45) is 3.30. The number of carbonyl (C=O) groups excluding carboxylic acids is 1. The van der Waals surface area contributed by atoms with Gasteiger partial charge >= 0.3 is 0 Å². The number of hydrogen-bond acceptors (Lipinski definition) is 6. The molecule has 6 nitrogen and oxygen atoms in total. The summed E-state index contributed by atoms with van der Waals surface area (Å²) in [5.41, 5.74) is 0.801.